The Balaban J connectivity index is 1.90. The van der Waals surface area contributed by atoms with E-state index in [1.54, 1.807) is 0 Å². The van der Waals surface area contributed by atoms with Crippen molar-refractivity contribution in [1.82, 2.24) is 0 Å². The van der Waals surface area contributed by atoms with Crippen LogP contribution in [-0.4, -0.2) is 12.7 Å². The molecule has 0 amide bonds. The number of para-hydroxylation sites is 1. The average Bonchev–Trinajstić information content (AvgIpc) is 2.46. The maximum absolute atomic E-state index is 6.13. The summed E-state index contributed by atoms with van der Waals surface area (Å²) in [5, 5.41) is 0. The molecule has 0 spiro atoms. The molecule has 0 heterocycles. The monoisotopic (exact) mass is 271 g/mol. The molecule has 0 fully saturated rings. The molecule has 0 aliphatic rings. The second kappa shape index (κ2) is 6.96. The first-order valence-corrected chi connectivity index (χ1v) is 6.85. The summed E-state index contributed by atoms with van der Waals surface area (Å²) < 4.78 is 11.3. The molecule has 0 saturated heterocycles. The van der Waals surface area contributed by atoms with Crippen LogP contribution in [0.25, 0.3) is 0 Å². The predicted octanol–water partition coefficient (Wildman–Crippen LogP) is 3.55. The van der Waals surface area contributed by atoms with Gasteiger partial charge in [0.1, 0.15) is 18.1 Å². The van der Waals surface area contributed by atoms with Gasteiger partial charge in [-0.15, -0.1) is 0 Å². The zero-order chi connectivity index (χ0) is 14.4. The number of benzene rings is 2. The van der Waals surface area contributed by atoms with E-state index in [1.807, 2.05) is 68.4 Å². The molecule has 2 rings (SSSR count). The topological polar surface area (TPSA) is 44.5 Å². The van der Waals surface area contributed by atoms with Gasteiger partial charge in [-0.25, -0.2) is 0 Å². The molecule has 2 aromatic rings. The summed E-state index contributed by atoms with van der Waals surface area (Å²) in [6.07, 6.45) is 0.177. The Morgan fingerprint density at radius 1 is 0.900 bits per heavy atom. The summed E-state index contributed by atoms with van der Waals surface area (Å²) in [5.41, 5.74) is 7.17. The fraction of sp³-hybridized carbons (Fsp3) is 0.294. The standard InChI is InChI=1S/C17H21NO2/c1-13(2)20-16-10-8-14(9-11-16)17(18)12-19-15-6-4-3-5-7-15/h3-11,13,17H,12,18H2,1-2H3. The van der Waals surface area contributed by atoms with E-state index in [4.69, 9.17) is 15.2 Å². The van der Waals surface area contributed by atoms with E-state index in [0.29, 0.717) is 6.61 Å². The molecule has 0 radical (unpaired) electrons. The minimum absolute atomic E-state index is 0.150. The highest BCUT2D eigenvalue weighted by molar-refractivity contribution is 5.29. The highest BCUT2D eigenvalue weighted by atomic mass is 16.5. The second-order valence-electron chi connectivity index (χ2n) is 4.97. The molecule has 0 aromatic heterocycles. The number of rotatable bonds is 6. The van der Waals surface area contributed by atoms with Gasteiger partial charge in [0.15, 0.2) is 0 Å². The predicted molar refractivity (Wildman–Crippen MR) is 81.1 cm³/mol. The van der Waals surface area contributed by atoms with Crippen molar-refractivity contribution in [3.63, 3.8) is 0 Å². The molecule has 106 valence electrons. The van der Waals surface area contributed by atoms with Gasteiger partial charge in [-0.3, -0.25) is 0 Å². The maximum atomic E-state index is 6.13. The smallest absolute Gasteiger partial charge is 0.119 e. The second-order valence-corrected chi connectivity index (χ2v) is 4.97. The molecule has 3 heteroatoms. The van der Waals surface area contributed by atoms with E-state index in [2.05, 4.69) is 0 Å². The van der Waals surface area contributed by atoms with Crippen LogP contribution in [0.1, 0.15) is 25.5 Å². The van der Waals surface area contributed by atoms with Crippen molar-refractivity contribution in [2.24, 2.45) is 5.73 Å². The van der Waals surface area contributed by atoms with Gasteiger partial charge in [-0.1, -0.05) is 30.3 Å². The van der Waals surface area contributed by atoms with Crippen LogP contribution >= 0.6 is 0 Å². The SMILES string of the molecule is CC(C)Oc1ccc(C(N)COc2ccccc2)cc1. The van der Waals surface area contributed by atoms with Gasteiger partial charge in [-0.05, 0) is 43.7 Å². The van der Waals surface area contributed by atoms with Crippen LogP contribution in [0.3, 0.4) is 0 Å². The molecule has 0 aliphatic carbocycles. The van der Waals surface area contributed by atoms with Crippen molar-refractivity contribution in [3.05, 3.63) is 60.2 Å². The summed E-state index contributed by atoms with van der Waals surface area (Å²) >= 11 is 0. The minimum atomic E-state index is -0.150. The molecular formula is C17H21NO2. The van der Waals surface area contributed by atoms with E-state index in [0.717, 1.165) is 17.1 Å². The van der Waals surface area contributed by atoms with Crippen LogP contribution in [0.5, 0.6) is 11.5 Å². The van der Waals surface area contributed by atoms with Crippen molar-refractivity contribution in [3.8, 4) is 11.5 Å². The third-order valence-corrected chi connectivity index (χ3v) is 2.85. The molecule has 3 nitrogen and oxygen atoms in total. The third-order valence-electron chi connectivity index (χ3n) is 2.85. The number of hydrogen-bond acceptors (Lipinski definition) is 3. The lowest BCUT2D eigenvalue weighted by molar-refractivity contribution is 0.242. The van der Waals surface area contributed by atoms with E-state index in [-0.39, 0.29) is 12.1 Å². The Bertz CT molecular complexity index is 508. The van der Waals surface area contributed by atoms with Crippen molar-refractivity contribution < 1.29 is 9.47 Å². The van der Waals surface area contributed by atoms with Gasteiger partial charge < -0.3 is 15.2 Å². The molecule has 1 atom stereocenters. The van der Waals surface area contributed by atoms with E-state index in [1.165, 1.54) is 0 Å². The van der Waals surface area contributed by atoms with E-state index < -0.39 is 0 Å². The van der Waals surface area contributed by atoms with Crippen LogP contribution in [-0.2, 0) is 0 Å². The largest absolute Gasteiger partial charge is 0.492 e. The first-order valence-electron chi connectivity index (χ1n) is 6.85. The van der Waals surface area contributed by atoms with Gasteiger partial charge in [0.2, 0.25) is 0 Å². The first-order chi connectivity index (χ1) is 9.65. The highest BCUT2D eigenvalue weighted by Crippen LogP contribution is 2.18. The van der Waals surface area contributed by atoms with Crippen molar-refractivity contribution in [2.45, 2.75) is 26.0 Å². The zero-order valence-corrected chi connectivity index (χ0v) is 12.0. The van der Waals surface area contributed by atoms with Gasteiger partial charge in [0.05, 0.1) is 12.1 Å². The Labute approximate surface area is 120 Å². The van der Waals surface area contributed by atoms with Crippen LogP contribution < -0.4 is 15.2 Å². The van der Waals surface area contributed by atoms with Crippen LogP contribution in [0, 0.1) is 0 Å². The van der Waals surface area contributed by atoms with Crippen LogP contribution in [0.2, 0.25) is 0 Å². The van der Waals surface area contributed by atoms with Gasteiger partial charge in [0, 0.05) is 0 Å². The molecule has 0 bridgehead atoms. The lowest BCUT2D eigenvalue weighted by Gasteiger charge is -2.15. The minimum Gasteiger partial charge on any atom is -0.492 e. The number of nitrogens with two attached hydrogens (primary N) is 1. The Hall–Kier alpha value is -2.00. The fourth-order valence-electron chi connectivity index (χ4n) is 1.86. The summed E-state index contributed by atoms with van der Waals surface area (Å²) in [7, 11) is 0. The molecule has 0 saturated carbocycles. The summed E-state index contributed by atoms with van der Waals surface area (Å²) in [5.74, 6) is 1.70. The fourth-order valence-corrected chi connectivity index (χ4v) is 1.86. The first kappa shape index (κ1) is 14.4. The average molecular weight is 271 g/mol. The lowest BCUT2D eigenvalue weighted by atomic mass is 10.1. The zero-order valence-electron chi connectivity index (χ0n) is 12.0. The van der Waals surface area contributed by atoms with Crippen LogP contribution in [0.15, 0.2) is 54.6 Å². The Morgan fingerprint density at radius 2 is 1.55 bits per heavy atom. The quantitative estimate of drug-likeness (QED) is 0.873. The lowest BCUT2D eigenvalue weighted by Crippen LogP contribution is -2.19. The molecule has 2 aromatic carbocycles. The highest BCUT2D eigenvalue weighted by Gasteiger charge is 2.07. The third kappa shape index (κ3) is 4.28. The molecule has 1 unspecified atom stereocenters. The summed E-state index contributed by atoms with van der Waals surface area (Å²) in [4.78, 5) is 0. The molecule has 2 N–H and O–H groups in total. The molecule has 20 heavy (non-hydrogen) atoms. The number of ether oxygens (including phenoxy) is 2. The van der Waals surface area contributed by atoms with Crippen molar-refractivity contribution in [2.75, 3.05) is 6.61 Å². The normalized spacial score (nSPS) is 12.2. The van der Waals surface area contributed by atoms with E-state index >= 15 is 0 Å². The summed E-state index contributed by atoms with van der Waals surface area (Å²) in [6, 6.07) is 17.4. The maximum Gasteiger partial charge on any atom is 0.119 e. The van der Waals surface area contributed by atoms with Gasteiger partial charge >= 0.3 is 0 Å². The van der Waals surface area contributed by atoms with Crippen LogP contribution in [0.4, 0.5) is 0 Å². The van der Waals surface area contributed by atoms with Crippen molar-refractivity contribution >= 4 is 0 Å². The van der Waals surface area contributed by atoms with Gasteiger partial charge in [0.25, 0.3) is 0 Å². The van der Waals surface area contributed by atoms with E-state index in [9.17, 15) is 0 Å². The Morgan fingerprint density at radius 3 is 2.15 bits per heavy atom. The molecule has 0 aliphatic heterocycles. The molecular weight excluding hydrogens is 250 g/mol. The van der Waals surface area contributed by atoms with Gasteiger partial charge in [-0.2, -0.15) is 0 Å². The summed E-state index contributed by atoms with van der Waals surface area (Å²) in [6.45, 7) is 4.47. The Kier molecular flexibility index (Phi) is 5.02. The van der Waals surface area contributed by atoms with Crippen molar-refractivity contribution in [1.29, 1.82) is 0 Å². The number of hydrogen-bond donors (Lipinski definition) is 1.